The first-order valence-electron chi connectivity index (χ1n) is 9.69. The number of imidazole rings is 1. The number of halogens is 1. The van der Waals surface area contributed by atoms with E-state index in [2.05, 4.69) is 0 Å². The summed E-state index contributed by atoms with van der Waals surface area (Å²) in [5.74, 6) is 0.838. The lowest BCUT2D eigenvalue weighted by Gasteiger charge is -2.23. The van der Waals surface area contributed by atoms with Crippen LogP contribution in [0.5, 0.6) is 0 Å². The molecule has 0 radical (unpaired) electrons. The van der Waals surface area contributed by atoms with Crippen molar-refractivity contribution in [1.29, 1.82) is 0 Å². The average molecular weight is 403 g/mol. The second-order valence-electron chi connectivity index (χ2n) is 7.61. The van der Waals surface area contributed by atoms with Gasteiger partial charge in [-0.05, 0) is 37.0 Å². The largest absolute Gasteiger partial charge is 0.332 e. The molecule has 0 atom stereocenters. The van der Waals surface area contributed by atoms with Crippen LogP contribution < -0.4 is 16.1 Å². The number of benzene rings is 1. The standard InChI is InChI=1S/C20H24ClN5O2/c1-23-18-17(19(27)24(2)20(23)28)26(12-14-7-6-8-15(21)11-14)16(22-18)13-25-9-4-3-5-10-25/h6-8,11H,3-5,9-10,12-13H2,1-2H3/p+1. The molecule has 0 spiro atoms. The van der Waals surface area contributed by atoms with E-state index in [1.165, 1.54) is 35.8 Å². The maximum Gasteiger partial charge on any atom is 0.332 e. The molecule has 1 fully saturated rings. The SMILES string of the molecule is Cn1c(=O)c2c(nc(C[NH+]3CCCCC3)n2Cc2cccc(Cl)c2)n(C)c1=O. The van der Waals surface area contributed by atoms with E-state index in [1.54, 1.807) is 7.05 Å². The zero-order valence-electron chi connectivity index (χ0n) is 16.2. The van der Waals surface area contributed by atoms with Gasteiger partial charge < -0.3 is 9.47 Å². The molecule has 1 aliphatic heterocycles. The Morgan fingerprint density at radius 3 is 2.57 bits per heavy atom. The fourth-order valence-corrected chi connectivity index (χ4v) is 4.28. The minimum absolute atomic E-state index is 0.312. The van der Waals surface area contributed by atoms with Crippen molar-refractivity contribution < 1.29 is 4.90 Å². The van der Waals surface area contributed by atoms with Crippen LogP contribution in [0.2, 0.25) is 5.02 Å². The van der Waals surface area contributed by atoms with Gasteiger partial charge in [-0.3, -0.25) is 13.9 Å². The van der Waals surface area contributed by atoms with E-state index in [9.17, 15) is 9.59 Å². The highest BCUT2D eigenvalue weighted by Gasteiger charge is 2.23. The third kappa shape index (κ3) is 3.40. The Bertz CT molecular complexity index is 1140. The fourth-order valence-electron chi connectivity index (χ4n) is 4.07. The van der Waals surface area contributed by atoms with Crippen molar-refractivity contribution in [3.63, 3.8) is 0 Å². The summed E-state index contributed by atoms with van der Waals surface area (Å²) in [6.07, 6.45) is 3.70. The molecule has 0 unspecified atom stereocenters. The van der Waals surface area contributed by atoms with Gasteiger partial charge in [0, 0.05) is 25.7 Å². The molecule has 1 aromatic carbocycles. The first kappa shape index (κ1) is 19.0. The smallest absolute Gasteiger partial charge is 0.329 e. The minimum Gasteiger partial charge on any atom is -0.329 e. The Balaban J connectivity index is 1.88. The predicted molar refractivity (Wildman–Crippen MR) is 109 cm³/mol. The lowest BCUT2D eigenvalue weighted by Crippen LogP contribution is -3.11. The first-order chi connectivity index (χ1) is 13.5. The Labute approximate surface area is 167 Å². The van der Waals surface area contributed by atoms with Gasteiger partial charge >= 0.3 is 5.69 Å². The van der Waals surface area contributed by atoms with Crippen molar-refractivity contribution in [2.45, 2.75) is 32.4 Å². The Morgan fingerprint density at radius 2 is 1.86 bits per heavy atom. The molecule has 0 saturated carbocycles. The van der Waals surface area contributed by atoms with Crippen molar-refractivity contribution in [2.75, 3.05) is 13.1 Å². The van der Waals surface area contributed by atoms with Crippen LogP contribution in [0.4, 0.5) is 0 Å². The zero-order chi connectivity index (χ0) is 19.8. The van der Waals surface area contributed by atoms with Crippen molar-refractivity contribution in [1.82, 2.24) is 18.7 Å². The second kappa shape index (κ2) is 7.56. The maximum atomic E-state index is 12.9. The molecule has 0 bridgehead atoms. The number of aromatic nitrogens is 4. The second-order valence-corrected chi connectivity index (χ2v) is 8.05. The summed E-state index contributed by atoms with van der Waals surface area (Å²) in [5, 5.41) is 0.658. The molecule has 148 valence electrons. The Hall–Kier alpha value is -2.38. The van der Waals surface area contributed by atoms with E-state index in [-0.39, 0.29) is 11.2 Å². The van der Waals surface area contributed by atoms with Gasteiger partial charge in [-0.2, -0.15) is 0 Å². The fraction of sp³-hybridized carbons (Fsp3) is 0.450. The molecule has 1 N–H and O–H groups in total. The predicted octanol–water partition coefficient (Wildman–Crippen LogP) is 0.704. The lowest BCUT2D eigenvalue weighted by atomic mass is 10.1. The number of likely N-dealkylation sites (tertiary alicyclic amines) is 1. The average Bonchev–Trinajstić information content (AvgIpc) is 3.03. The number of nitrogens with one attached hydrogen (secondary N) is 1. The molecular formula is C20H25ClN5O2+. The number of hydrogen-bond donors (Lipinski definition) is 1. The molecule has 28 heavy (non-hydrogen) atoms. The third-order valence-electron chi connectivity index (χ3n) is 5.63. The molecule has 2 aromatic heterocycles. The summed E-state index contributed by atoms with van der Waals surface area (Å²) in [5.41, 5.74) is 1.24. The quantitative estimate of drug-likeness (QED) is 0.698. The summed E-state index contributed by atoms with van der Waals surface area (Å²) in [6, 6.07) is 7.62. The number of rotatable bonds is 4. The monoisotopic (exact) mass is 402 g/mol. The van der Waals surface area contributed by atoms with Gasteiger partial charge in [0.25, 0.3) is 5.56 Å². The molecule has 3 aromatic rings. The highest BCUT2D eigenvalue weighted by Crippen LogP contribution is 2.16. The van der Waals surface area contributed by atoms with Crippen molar-refractivity contribution in [3.05, 3.63) is 61.5 Å². The van der Waals surface area contributed by atoms with E-state index in [0.29, 0.717) is 22.7 Å². The molecule has 0 amide bonds. The van der Waals surface area contributed by atoms with Crippen molar-refractivity contribution >= 4 is 22.8 Å². The topological polar surface area (TPSA) is 66.3 Å². The molecule has 3 heterocycles. The van der Waals surface area contributed by atoms with E-state index in [1.807, 2.05) is 28.8 Å². The van der Waals surface area contributed by atoms with Crippen LogP contribution in [-0.4, -0.2) is 31.8 Å². The summed E-state index contributed by atoms with van der Waals surface area (Å²) in [7, 11) is 3.18. The zero-order valence-corrected chi connectivity index (χ0v) is 17.0. The van der Waals surface area contributed by atoms with Gasteiger partial charge in [-0.15, -0.1) is 0 Å². The summed E-state index contributed by atoms with van der Waals surface area (Å²) in [6.45, 7) is 3.45. The number of fused-ring (bicyclic) bond motifs is 1. The highest BCUT2D eigenvalue weighted by molar-refractivity contribution is 6.30. The maximum absolute atomic E-state index is 12.9. The summed E-state index contributed by atoms with van der Waals surface area (Å²) < 4.78 is 4.57. The third-order valence-corrected chi connectivity index (χ3v) is 5.86. The number of quaternary nitrogens is 1. The van der Waals surface area contributed by atoms with E-state index >= 15 is 0 Å². The van der Waals surface area contributed by atoms with E-state index in [0.717, 1.165) is 35.6 Å². The van der Waals surface area contributed by atoms with Gasteiger partial charge in [-0.25, -0.2) is 9.78 Å². The molecule has 4 rings (SSSR count). The molecule has 0 aliphatic carbocycles. The van der Waals surface area contributed by atoms with Crippen LogP contribution in [-0.2, 0) is 27.2 Å². The Morgan fingerprint density at radius 1 is 1.11 bits per heavy atom. The van der Waals surface area contributed by atoms with E-state index in [4.69, 9.17) is 16.6 Å². The number of hydrogen-bond acceptors (Lipinski definition) is 3. The van der Waals surface area contributed by atoms with Gasteiger partial charge in [0.1, 0.15) is 6.54 Å². The van der Waals surface area contributed by atoms with Crippen LogP contribution >= 0.6 is 11.6 Å². The van der Waals surface area contributed by atoms with Crippen molar-refractivity contribution in [2.24, 2.45) is 14.1 Å². The van der Waals surface area contributed by atoms with Gasteiger partial charge in [0.2, 0.25) is 0 Å². The Kier molecular flexibility index (Phi) is 5.12. The summed E-state index contributed by atoms with van der Waals surface area (Å²) in [4.78, 5) is 31.5. The minimum atomic E-state index is -0.359. The van der Waals surface area contributed by atoms with Crippen LogP contribution in [0.15, 0.2) is 33.9 Å². The normalized spacial score (nSPS) is 15.4. The van der Waals surface area contributed by atoms with Crippen LogP contribution in [0.25, 0.3) is 11.2 Å². The molecule has 8 heteroatoms. The summed E-state index contributed by atoms with van der Waals surface area (Å²) >= 11 is 6.16. The van der Waals surface area contributed by atoms with Crippen LogP contribution in [0, 0.1) is 0 Å². The number of aryl methyl sites for hydroxylation is 1. The van der Waals surface area contributed by atoms with Gasteiger partial charge in [0.05, 0.1) is 13.1 Å². The van der Waals surface area contributed by atoms with Crippen LogP contribution in [0.1, 0.15) is 30.7 Å². The lowest BCUT2D eigenvalue weighted by molar-refractivity contribution is -0.919. The van der Waals surface area contributed by atoms with Crippen LogP contribution in [0.3, 0.4) is 0 Å². The molecular weight excluding hydrogens is 378 g/mol. The molecule has 1 saturated heterocycles. The highest BCUT2D eigenvalue weighted by atomic mass is 35.5. The van der Waals surface area contributed by atoms with Gasteiger partial charge in [0.15, 0.2) is 17.0 Å². The number of piperidine rings is 1. The van der Waals surface area contributed by atoms with E-state index < -0.39 is 0 Å². The molecule has 7 nitrogen and oxygen atoms in total. The molecule has 1 aliphatic rings. The first-order valence-corrected chi connectivity index (χ1v) is 10.1. The van der Waals surface area contributed by atoms with Crippen molar-refractivity contribution in [3.8, 4) is 0 Å². The van der Waals surface area contributed by atoms with Gasteiger partial charge in [-0.1, -0.05) is 23.7 Å². The number of nitrogens with zero attached hydrogens (tertiary/aromatic N) is 4.